The number of carbonyl (C=O) groups is 1. The van der Waals surface area contributed by atoms with Crippen LogP contribution in [0, 0.1) is 11.8 Å². The summed E-state index contributed by atoms with van der Waals surface area (Å²) in [6.07, 6.45) is 7.40. The fourth-order valence-electron chi connectivity index (χ4n) is 6.50. The van der Waals surface area contributed by atoms with Crippen molar-refractivity contribution in [1.29, 1.82) is 0 Å². The summed E-state index contributed by atoms with van der Waals surface area (Å²) in [5, 5.41) is 0. The number of para-hydroxylation sites is 1. The van der Waals surface area contributed by atoms with Crippen LogP contribution in [0.25, 0.3) is 11.1 Å². The number of carbonyl (C=O) groups excluding carboxylic acids is 1. The summed E-state index contributed by atoms with van der Waals surface area (Å²) in [7, 11) is -3.96. The van der Waals surface area contributed by atoms with E-state index in [1.165, 1.54) is 12.6 Å². The number of aromatic nitrogens is 1. The van der Waals surface area contributed by atoms with Crippen LogP contribution in [0.15, 0.2) is 71.9 Å². The lowest BCUT2D eigenvalue weighted by atomic mass is 9.93. The van der Waals surface area contributed by atoms with Crippen molar-refractivity contribution in [2.75, 3.05) is 16.1 Å². The van der Waals surface area contributed by atoms with Gasteiger partial charge in [-0.3, -0.25) is 24.1 Å². The second-order valence-corrected chi connectivity index (χ2v) is 13.2. The number of aliphatic imine (C=N–C) groups is 1. The van der Waals surface area contributed by atoms with E-state index >= 15 is 0 Å². The first kappa shape index (κ1) is 29.3. The van der Waals surface area contributed by atoms with Crippen LogP contribution in [0.1, 0.15) is 63.5 Å². The smallest absolute Gasteiger partial charge is 0.322 e. The van der Waals surface area contributed by atoms with Crippen molar-refractivity contribution in [1.82, 2.24) is 9.88 Å². The number of hydrogen-bond donors (Lipinski definition) is 2. The van der Waals surface area contributed by atoms with Crippen LogP contribution in [-0.2, 0) is 32.9 Å². The van der Waals surface area contributed by atoms with E-state index < -0.39 is 15.7 Å². The molecule has 3 aromatic rings. The number of fused-ring (bicyclic) bond motifs is 1. The van der Waals surface area contributed by atoms with Gasteiger partial charge in [0.1, 0.15) is 17.2 Å². The minimum absolute atomic E-state index is 0.154. The number of hydrogen-bond acceptors (Lipinski definition) is 6. The van der Waals surface area contributed by atoms with Gasteiger partial charge in [-0.1, -0.05) is 55.8 Å². The van der Waals surface area contributed by atoms with Crippen molar-refractivity contribution in [2.45, 2.75) is 71.1 Å². The van der Waals surface area contributed by atoms with E-state index in [-0.39, 0.29) is 11.7 Å². The van der Waals surface area contributed by atoms with Crippen LogP contribution in [0.5, 0.6) is 0 Å². The molecular formula is C33H39N5O4S. The van der Waals surface area contributed by atoms with Crippen LogP contribution in [0.2, 0.25) is 0 Å². The summed E-state index contributed by atoms with van der Waals surface area (Å²) < 4.78 is 37.0. The molecule has 1 aromatic heterocycles. The van der Waals surface area contributed by atoms with Crippen LogP contribution in [0.3, 0.4) is 0 Å². The lowest BCUT2D eigenvalue weighted by Crippen LogP contribution is -2.41. The van der Waals surface area contributed by atoms with Crippen LogP contribution in [-0.4, -0.2) is 42.2 Å². The van der Waals surface area contributed by atoms with Gasteiger partial charge in [0, 0.05) is 24.8 Å². The molecule has 0 saturated heterocycles. The van der Waals surface area contributed by atoms with Gasteiger partial charge in [-0.15, -0.1) is 0 Å². The van der Waals surface area contributed by atoms with Gasteiger partial charge in [-0.2, -0.15) is 8.42 Å². The maximum atomic E-state index is 13.8. The molecule has 1 amide bonds. The van der Waals surface area contributed by atoms with Gasteiger partial charge in [0.25, 0.3) is 5.91 Å². The lowest BCUT2D eigenvalue weighted by molar-refractivity contribution is -0.131. The molecule has 10 heteroatoms. The van der Waals surface area contributed by atoms with E-state index in [2.05, 4.69) is 27.4 Å². The van der Waals surface area contributed by atoms with Gasteiger partial charge in [-0.05, 0) is 79.3 Å². The first-order valence-corrected chi connectivity index (χ1v) is 16.7. The molecule has 0 radical (unpaired) electrons. The Morgan fingerprint density at radius 1 is 1.00 bits per heavy atom. The average Bonchev–Trinajstić information content (AvgIpc) is 3.54. The summed E-state index contributed by atoms with van der Waals surface area (Å²) in [5.41, 5.74) is 3.37. The Labute approximate surface area is 254 Å². The number of nitrogens with zero attached hydrogens (tertiary/aromatic N) is 3. The van der Waals surface area contributed by atoms with Gasteiger partial charge in [0.15, 0.2) is 0 Å². The van der Waals surface area contributed by atoms with E-state index in [4.69, 9.17) is 9.73 Å². The Morgan fingerprint density at radius 3 is 2.53 bits per heavy atom. The van der Waals surface area contributed by atoms with E-state index in [0.29, 0.717) is 37.3 Å². The Bertz CT molecular complexity index is 1620. The van der Waals surface area contributed by atoms with Crippen molar-refractivity contribution < 1.29 is 17.9 Å². The zero-order valence-corrected chi connectivity index (χ0v) is 25.6. The monoisotopic (exact) mass is 601 g/mol. The topological polar surface area (TPSA) is 113 Å². The Kier molecular flexibility index (Phi) is 8.24. The number of anilines is 2. The highest BCUT2D eigenvalue weighted by Crippen LogP contribution is 2.59. The van der Waals surface area contributed by atoms with Gasteiger partial charge in [0.05, 0.1) is 18.8 Å². The number of benzene rings is 2. The maximum absolute atomic E-state index is 13.8. The Hall–Kier alpha value is -3.76. The third kappa shape index (κ3) is 6.31. The molecule has 43 heavy (non-hydrogen) atoms. The molecule has 3 atom stereocenters. The molecule has 226 valence electrons. The number of amidine groups is 1. The van der Waals surface area contributed by atoms with Crippen LogP contribution < -0.4 is 9.44 Å². The fraction of sp³-hybridized carbons (Fsp3) is 0.424. The summed E-state index contributed by atoms with van der Waals surface area (Å²) >= 11 is 0. The normalized spacial score (nSPS) is 22.5. The quantitative estimate of drug-likeness (QED) is 0.244. The molecule has 0 bridgehead atoms. The largest absolute Gasteiger partial charge is 0.377 e. The minimum atomic E-state index is -3.96. The average molecular weight is 602 g/mol. The molecule has 2 saturated carbocycles. The summed E-state index contributed by atoms with van der Waals surface area (Å²) in [6, 6.07) is 18.4. The second kappa shape index (κ2) is 12.1. The van der Waals surface area contributed by atoms with E-state index in [9.17, 15) is 13.2 Å². The number of nitrogens with one attached hydrogen (secondary N) is 2. The van der Waals surface area contributed by atoms with Crippen LogP contribution in [0.4, 0.5) is 11.5 Å². The summed E-state index contributed by atoms with van der Waals surface area (Å²) in [5.74, 6) is 2.62. The van der Waals surface area contributed by atoms with Crippen molar-refractivity contribution in [3.63, 3.8) is 0 Å². The number of rotatable bonds is 13. The highest BCUT2D eigenvalue weighted by Gasteiger charge is 2.61. The molecule has 2 aromatic carbocycles. The fourth-order valence-corrected chi connectivity index (χ4v) is 7.41. The van der Waals surface area contributed by atoms with E-state index in [1.807, 2.05) is 36.1 Å². The second-order valence-electron chi connectivity index (χ2n) is 11.8. The Balaban J connectivity index is 1.27. The molecule has 2 aliphatic carbocycles. The molecule has 1 spiro atoms. The summed E-state index contributed by atoms with van der Waals surface area (Å²) in [6.45, 7) is 5.45. The van der Waals surface area contributed by atoms with Gasteiger partial charge in [-0.25, -0.2) is 4.98 Å². The molecule has 9 nitrogen and oxygen atoms in total. The van der Waals surface area contributed by atoms with Gasteiger partial charge >= 0.3 is 10.2 Å². The molecule has 3 aliphatic rings. The third-order valence-corrected chi connectivity index (χ3v) is 9.62. The first-order chi connectivity index (χ1) is 20.8. The van der Waals surface area contributed by atoms with Crippen molar-refractivity contribution in [3.05, 3.63) is 78.0 Å². The zero-order valence-electron chi connectivity index (χ0n) is 24.8. The molecule has 2 fully saturated rings. The van der Waals surface area contributed by atoms with Gasteiger partial charge < -0.3 is 4.74 Å². The Morgan fingerprint density at radius 2 is 1.79 bits per heavy atom. The molecule has 2 heterocycles. The number of pyridine rings is 1. The van der Waals surface area contributed by atoms with Crippen LogP contribution >= 0.6 is 0 Å². The molecule has 1 aliphatic heterocycles. The minimum Gasteiger partial charge on any atom is -0.377 e. The van der Waals surface area contributed by atoms with Crippen molar-refractivity contribution in [2.24, 2.45) is 16.8 Å². The molecule has 2 unspecified atom stereocenters. The predicted octanol–water partition coefficient (Wildman–Crippen LogP) is 6.15. The number of amides is 1. The van der Waals surface area contributed by atoms with E-state index in [1.54, 1.807) is 30.3 Å². The molecular weight excluding hydrogens is 562 g/mol. The number of ether oxygens (including phenoxy) is 1. The highest BCUT2D eigenvalue weighted by atomic mass is 32.2. The van der Waals surface area contributed by atoms with E-state index in [0.717, 1.165) is 60.2 Å². The lowest BCUT2D eigenvalue weighted by Gasteiger charge is -2.24. The SMILES string of the molecule is CCCCC1=NC2(CC3C[C@H]3C2)C(=O)N1Cc1ccc(-c2ccccc2NS(=O)(=O)Nc2ccccn2)c(COCC)c1. The van der Waals surface area contributed by atoms with Gasteiger partial charge in [0.2, 0.25) is 0 Å². The van der Waals surface area contributed by atoms with Crippen molar-refractivity contribution in [3.8, 4) is 11.1 Å². The third-order valence-electron chi connectivity index (χ3n) is 8.66. The maximum Gasteiger partial charge on any atom is 0.322 e. The predicted molar refractivity (Wildman–Crippen MR) is 169 cm³/mol. The molecule has 6 rings (SSSR count). The summed E-state index contributed by atoms with van der Waals surface area (Å²) in [4.78, 5) is 24.9. The molecule has 2 N–H and O–H groups in total. The number of unbranched alkanes of at least 4 members (excludes halogenated alkanes) is 1. The standard InChI is InChI=1S/C33H39N5O4S/c1-3-5-13-31-35-33(19-24-18-25(24)20-33)32(39)38(31)21-23-14-15-27(26(17-23)22-42-4-2)28-10-6-7-11-29(28)36-43(40,41)37-30-12-8-9-16-34-30/h6-12,14-17,24-25,36H,3-5,13,18-22H2,1-2H3,(H,34,37)/t24-,25?,33?/m0/s1. The first-order valence-electron chi connectivity index (χ1n) is 15.2. The zero-order chi connectivity index (χ0) is 30.0. The van der Waals surface area contributed by atoms with Crippen molar-refractivity contribution >= 4 is 33.5 Å². The highest BCUT2D eigenvalue weighted by molar-refractivity contribution is 7.94.